The maximum absolute atomic E-state index is 12.3. The number of thiophene rings is 1. The van der Waals surface area contributed by atoms with Crippen molar-refractivity contribution < 1.29 is 14.3 Å². The van der Waals surface area contributed by atoms with Gasteiger partial charge >= 0.3 is 5.97 Å². The molecule has 0 bridgehead atoms. The summed E-state index contributed by atoms with van der Waals surface area (Å²) >= 11 is 1.26. The summed E-state index contributed by atoms with van der Waals surface area (Å²) in [6.07, 6.45) is 0. The van der Waals surface area contributed by atoms with Gasteiger partial charge in [-0.2, -0.15) is 0 Å². The lowest BCUT2D eigenvalue weighted by Crippen LogP contribution is -2.15. The number of aryl methyl sites for hydroxylation is 2. The molecule has 0 saturated carbocycles. The molecule has 5 heteroatoms. The predicted octanol–water partition coefficient (Wildman–Crippen LogP) is 3.40. The Bertz CT molecular complexity index is 661. The Hall–Kier alpha value is -2.14. The van der Waals surface area contributed by atoms with Gasteiger partial charge in [-0.05, 0) is 36.4 Å². The van der Waals surface area contributed by atoms with E-state index in [-0.39, 0.29) is 5.91 Å². The number of carbonyl (C=O) groups excluding carboxylic acids is 2. The number of methoxy groups -OCH3 is 1. The Balaban J connectivity index is 2.31. The lowest BCUT2D eigenvalue weighted by Gasteiger charge is -2.09. The first kappa shape index (κ1) is 14.3. The highest BCUT2D eigenvalue weighted by Crippen LogP contribution is 2.29. The van der Waals surface area contributed by atoms with E-state index in [0.717, 1.165) is 11.1 Å². The summed E-state index contributed by atoms with van der Waals surface area (Å²) in [6, 6.07) is 7.31. The van der Waals surface area contributed by atoms with Crippen LogP contribution in [0.5, 0.6) is 0 Å². The van der Waals surface area contributed by atoms with Crippen molar-refractivity contribution in [2.45, 2.75) is 13.8 Å². The molecule has 1 amide bonds. The lowest BCUT2D eigenvalue weighted by molar-refractivity contribution is 0.0607. The Labute approximate surface area is 121 Å². The minimum Gasteiger partial charge on any atom is -0.465 e. The maximum atomic E-state index is 12.3. The van der Waals surface area contributed by atoms with Crippen molar-refractivity contribution in [3.8, 4) is 0 Å². The van der Waals surface area contributed by atoms with Gasteiger partial charge < -0.3 is 10.1 Å². The van der Waals surface area contributed by atoms with Crippen molar-refractivity contribution in [2.75, 3.05) is 12.4 Å². The van der Waals surface area contributed by atoms with Crippen LogP contribution in [0.25, 0.3) is 0 Å². The summed E-state index contributed by atoms with van der Waals surface area (Å²) in [4.78, 5) is 24.4. The number of carbonyl (C=O) groups is 2. The molecule has 0 aliphatic rings. The first-order chi connectivity index (χ1) is 9.54. The summed E-state index contributed by atoms with van der Waals surface area (Å²) in [5.74, 6) is -0.669. The van der Waals surface area contributed by atoms with E-state index in [0.29, 0.717) is 16.1 Å². The number of esters is 1. The van der Waals surface area contributed by atoms with Gasteiger partial charge in [-0.1, -0.05) is 18.2 Å². The Morgan fingerprint density at radius 3 is 2.50 bits per heavy atom. The molecule has 1 N–H and O–H groups in total. The third-order valence-electron chi connectivity index (χ3n) is 2.97. The van der Waals surface area contributed by atoms with Crippen LogP contribution >= 0.6 is 11.3 Å². The van der Waals surface area contributed by atoms with Crippen molar-refractivity contribution in [3.05, 3.63) is 51.2 Å². The fourth-order valence-corrected chi connectivity index (χ4v) is 2.77. The van der Waals surface area contributed by atoms with Crippen molar-refractivity contribution in [3.63, 3.8) is 0 Å². The first-order valence-corrected chi connectivity index (χ1v) is 6.96. The highest BCUT2D eigenvalue weighted by Gasteiger charge is 2.19. The van der Waals surface area contributed by atoms with Gasteiger partial charge in [-0.3, -0.25) is 4.79 Å². The second kappa shape index (κ2) is 5.88. The van der Waals surface area contributed by atoms with Crippen molar-refractivity contribution >= 4 is 28.9 Å². The molecule has 0 aliphatic heterocycles. The van der Waals surface area contributed by atoms with Crippen LogP contribution < -0.4 is 5.32 Å². The van der Waals surface area contributed by atoms with E-state index in [1.54, 1.807) is 6.07 Å². The van der Waals surface area contributed by atoms with Crippen LogP contribution in [-0.2, 0) is 4.74 Å². The number of nitrogens with one attached hydrogen (secondary N) is 1. The van der Waals surface area contributed by atoms with E-state index < -0.39 is 5.97 Å². The third-order valence-corrected chi connectivity index (χ3v) is 4.05. The normalized spacial score (nSPS) is 10.2. The van der Waals surface area contributed by atoms with E-state index in [4.69, 9.17) is 4.74 Å². The van der Waals surface area contributed by atoms with Gasteiger partial charge in [0.1, 0.15) is 4.88 Å². The zero-order valence-corrected chi connectivity index (χ0v) is 12.3. The Morgan fingerprint density at radius 1 is 1.15 bits per heavy atom. The summed E-state index contributed by atoms with van der Waals surface area (Å²) < 4.78 is 4.72. The number of ether oxygens (including phenoxy) is 1. The molecule has 1 aromatic heterocycles. The van der Waals surface area contributed by atoms with Gasteiger partial charge in [-0.15, -0.1) is 11.3 Å². The van der Waals surface area contributed by atoms with Gasteiger partial charge in [0.25, 0.3) is 5.91 Å². The van der Waals surface area contributed by atoms with E-state index in [9.17, 15) is 9.59 Å². The monoisotopic (exact) mass is 289 g/mol. The number of rotatable bonds is 3. The first-order valence-electron chi connectivity index (χ1n) is 6.08. The average Bonchev–Trinajstić information content (AvgIpc) is 2.80. The topological polar surface area (TPSA) is 55.4 Å². The zero-order chi connectivity index (χ0) is 14.7. The van der Waals surface area contributed by atoms with Crippen LogP contribution in [-0.4, -0.2) is 19.0 Å². The largest absolute Gasteiger partial charge is 0.465 e. The van der Waals surface area contributed by atoms with Crippen LogP contribution in [0.4, 0.5) is 5.69 Å². The van der Waals surface area contributed by atoms with Gasteiger partial charge in [0.15, 0.2) is 0 Å². The Morgan fingerprint density at radius 2 is 1.85 bits per heavy atom. The molecule has 104 valence electrons. The molecule has 0 radical (unpaired) electrons. The fraction of sp³-hybridized carbons (Fsp3) is 0.200. The molecule has 0 spiro atoms. The van der Waals surface area contributed by atoms with Crippen LogP contribution in [0.1, 0.15) is 31.2 Å². The third kappa shape index (κ3) is 2.72. The van der Waals surface area contributed by atoms with Gasteiger partial charge in [0, 0.05) is 5.56 Å². The average molecular weight is 289 g/mol. The van der Waals surface area contributed by atoms with Crippen molar-refractivity contribution in [2.24, 2.45) is 0 Å². The van der Waals surface area contributed by atoms with Crippen molar-refractivity contribution in [1.29, 1.82) is 0 Å². The molecule has 0 saturated heterocycles. The van der Waals surface area contributed by atoms with E-state index in [1.165, 1.54) is 18.4 Å². The molecule has 2 rings (SSSR count). The zero-order valence-electron chi connectivity index (χ0n) is 11.5. The molecule has 1 aromatic carbocycles. The fourth-order valence-electron chi connectivity index (χ4n) is 1.85. The maximum Gasteiger partial charge on any atom is 0.350 e. The predicted molar refractivity (Wildman–Crippen MR) is 79.5 cm³/mol. The number of amides is 1. The van der Waals surface area contributed by atoms with Gasteiger partial charge in [-0.25, -0.2) is 4.79 Å². The highest BCUT2D eigenvalue weighted by atomic mass is 32.1. The van der Waals surface area contributed by atoms with Crippen molar-refractivity contribution in [1.82, 2.24) is 0 Å². The lowest BCUT2D eigenvalue weighted by atomic mass is 10.1. The molecular formula is C15H15NO3S. The number of anilines is 1. The van der Waals surface area contributed by atoms with E-state index >= 15 is 0 Å². The van der Waals surface area contributed by atoms with E-state index in [2.05, 4.69) is 5.32 Å². The molecule has 20 heavy (non-hydrogen) atoms. The molecule has 2 aromatic rings. The SMILES string of the molecule is COC(=O)c1scc(C)c1NC(=O)c1ccccc1C. The molecular weight excluding hydrogens is 274 g/mol. The summed E-state index contributed by atoms with van der Waals surface area (Å²) in [5.41, 5.74) is 2.85. The molecule has 4 nitrogen and oxygen atoms in total. The molecule has 1 heterocycles. The summed E-state index contributed by atoms with van der Waals surface area (Å²) in [7, 11) is 1.32. The minimum absolute atomic E-state index is 0.227. The quantitative estimate of drug-likeness (QED) is 0.881. The molecule has 0 fully saturated rings. The van der Waals surface area contributed by atoms with Crippen LogP contribution in [0.3, 0.4) is 0 Å². The second-order valence-electron chi connectivity index (χ2n) is 4.38. The van der Waals surface area contributed by atoms with E-state index in [1.807, 2.05) is 37.4 Å². The number of hydrogen-bond acceptors (Lipinski definition) is 4. The van der Waals surface area contributed by atoms with Crippen LogP contribution in [0.2, 0.25) is 0 Å². The van der Waals surface area contributed by atoms with Crippen LogP contribution in [0.15, 0.2) is 29.6 Å². The van der Waals surface area contributed by atoms with Gasteiger partial charge in [0.05, 0.1) is 12.8 Å². The second-order valence-corrected chi connectivity index (χ2v) is 5.26. The Kier molecular flexibility index (Phi) is 4.20. The number of hydrogen-bond donors (Lipinski definition) is 1. The summed E-state index contributed by atoms with van der Waals surface area (Å²) in [5, 5.41) is 4.62. The minimum atomic E-state index is -0.441. The summed E-state index contributed by atoms with van der Waals surface area (Å²) in [6.45, 7) is 3.72. The highest BCUT2D eigenvalue weighted by molar-refractivity contribution is 7.12. The molecule has 0 atom stereocenters. The molecule has 0 unspecified atom stereocenters. The standard InChI is InChI=1S/C15H15NO3S/c1-9-6-4-5-7-11(9)14(17)16-12-10(2)8-20-13(12)15(18)19-3/h4-8H,1-3H3,(H,16,17). The smallest absolute Gasteiger partial charge is 0.350 e. The van der Waals surface area contributed by atoms with Crippen LogP contribution in [0, 0.1) is 13.8 Å². The molecule has 0 aliphatic carbocycles. The van der Waals surface area contributed by atoms with Gasteiger partial charge in [0.2, 0.25) is 0 Å². The number of benzene rings is 1.